The van der Waals surface area contributed by atoms with Crippen LogP contribution in [0.25, 0.3) is 0 Å². The molecule has 1 heterocycles. The van der Waals surface area contributed by atoms with Crippen LogP contribution in [0.2, 0.25) is 0 Å². The number of ether oxygens (including phenoxy) is 1. The van der Waals surface area contributed by atoms with Crippen molar-refractivity contribution in [2.45, 2.75) is 30.4 Å². The number of hydrogen-bond acceptors (Lipinski definition) is 4. The molecular weight excluding hydrogens is 266 g/mol. The lowest BCUT2D eigenvalue weighted by molar-refractivity contribution is 0.181. The fraction of sp³-hybridized carbons (Fsp3) is 0.538. The Hall–Kier alpha value is -0.950. The first kappa shape index (κ1) is 14.5. The fourth-order valence-electron chi connectivity index (χ4n) is 2.09. The molecule has 0 spiro atoms. The summed E-state index contributed by atoms with van der Waals surface area (Å²) in [5.74, 6) is 0. The number of benzene rings is 1. The molecule has 6 heteroatoms. The molecule has 1 saturated heterocycles. The molecule has 0 saturated carbocycles. The molecule has 0 amide bonds. The summed E-state index contributed by atoms with van der Waals surface area (Å²) in [6.07, 6.45) is 0.124. The van der Waals surface area contributed by atoms with Gasteiger partial charge in [-0.2, -0.15) is 4.31 Å². The predicted molar refractivity (Wildman–Crippen MR) is 71.2 cm³/mol. The topological polar surface area (TPSA) is 66.8 Å². The number of aliphatic hydroxyl groups is 1. The van der Waals surface area contributed by atoms with Crippen molar-refractivity contribution >= 4 is 10.0 Å². The van der Waals surface area contributed by atoms with Crippen molar-refractivity contribution < 1.29 is 18.3 Å². The molecule has 1 aromatic carbocycles. The van der Waals surface area contributed by atoms with Crippen molar-refractivity contribution in [2.24, 2.45) is 0 Å². The van der Waals surface area contributed by atoms with Gasteiger partial charge in [-0.1, -0.05) is 12.1 Å². The van der Waals surface area contributed by atoms with E-state index in [9.17, 15) is 13.5 Å². The van der Waals surface area contributed by atoms with E-state index >= 15 is 0 Å². The Balaban J connectivity index is 2.23. The van der Waals surface area contributed by atoms with Gasteiger partial charge in [0.15, 0.2) is 0 Å². The van der Waals surface area contributed by atoms with Gasteiger partial charge in [-0.15, -0.1) is 0 Å². The highest BCUT2D eigenvalue weighted by atomic mass is 32.2. The van der Waals surface area contributed by atoms with Crippen molar-refractivity contribution in [3.63, 3.8) is 0 Å². The maximum absolute atomic E-state index is 12.4. The first-order valence-corrected chi connectivity index (χ1v) is 7.70. The molecular formula is C13H19NO4S. The van der Waals surface area contributed by atoms with E-state index < -0.39 is 16.1 Å². The predicted octanol–water partition coefficient (Wildman–Crippen LogP) is 1.15. The Kier molecular flexibility index (Phi) is 4.25. The van der Waals surface area contributed by atoms with Crippen LogP contribution in [0.5, 0.6) is 0 Å². The zero-order chi connectivity index (χ0) is 14.0. The molecule has 0 radical (unpaired) electrons. The van der Waals surface area contributed by atoms with Crippen LogP contribution >= 0.6 is 0 Å². The van der Waals surface area contributed by atoms with Gasteiger partial charge in [-0.05, 0) is 31.0 Å². The SMILES string of the molecule is CC(O)c1ccc(S(=O)(=O)N(C)C2CCOC2)cc1. The molecule has 1 aliphatic rings. The Morgan fingerprint density at radius 1 is 1.37 bits per heavy atom. The van der Waals surface area contributed by atoms with Crippen LogP contribution in [0, 0.1) is 0 Å². The van der Waals surface area contributed by atoms with E-state index in [4.69, 9.17) is 4.74 Å². The third-order valence-corrected chi connectivity index (χ3v) is 5.38. The molecule has 1 aromatic rings. The maximum atomic E-state index is 12.4. The average molecular weight is 285 g/mol. The molecule has 0 bridgehead atoms. The molecule has 1 N–H and O–H groups in total. The summed E-state index contributed by atoms with van der Waals surface area (Å²) in [5, 5.41) is 9.42. The molecule has 1 aliphatic heterocycles. The number of nitrogens with zero attached hydrogens (tertiary/aromatic N) is 1. The fourth-order valence-corrected chi connectivity index (χ4v) is 3.46. The van der Waals surface area contributed by atoms with Gasteiger partial charge >= 0.3 is 0 Å². The molecule has 19 heavy (non-hydrogen) atoms. The van der Waals surface area contributed by atoms with E-state index in [-0.39, 0.29) is 10.9 Å². The molecule has 5 nitrogen and oxygen atoms in total. The van der Waals surface area contributed by atoms with Gasteiger partial charge in [-0.25, -0.2) is 8.42 Å². The van der Waals surface area contributed by atoms with Crippen LogP contribution in [-0.4, -0.2) is 44.1 Å². The molecule has 1 fully saturated rings. The lowest BCUT2D eigenvalue weighted by atomic mass is 10.1. The summed E-state index contributed by atoms with van der Waals surface area (Å²) in [4.78, 5) is 0.242. The molecule has 106 valence electrons. The third-order valence-electron chi connectivity index (χ3n) is 3.46. The quantitative estimate of drug-likeness (QED) is 0.901. The van der Waals surface area contributed by atoms with Crippen molar-refractivity contribution in [1.82, 2.24) is 4.31 Å². The molecule has 2 rings (SSSR count). The van der Waals surface area contributed by atoms with Gasteiger partial charge in [-0.3, -0.25) is 0 Å². The highest BCUT2D eigenvalue weighted by Crippen LogP contribution is 2.22. The number of likely N-dealkylation sites (N-methyl/N-ethyl adjacent to an activating group) is 1. The van der Waals surface area contributed by atoms with E-state index in [1.165, 1.54) is 16.4 Å². The molecule has 2 unspecified atom stereocenters. The van der Waals surface area contributed by atoms with Crippen LogP contribution in [0.4, 0.5) is 0 Å². The van der Waals surface area contributed by atoms with Gasteiger partial charge in [0.2, 0.25) is 10.0 Å². The maximum Gasteiger partial charge on any atom is 0.243 e. The summed E-state index contributed by atoms with van der Waals surface area (Å²) in [7, 11) is -1.91. The second-order valence-corrected chi connectivity index (χ2v) is 6.78. The minimum atomic E-state index is -3.49. The van der Waals surface area contributed by atoms with Crippen LogP contribution in [-0.2, 0) is 14.8 Å². The van der Waals surface area contributed by atoms with E-state index in [1.807, 2.05) is 0 Å². The Morgan fingerprint density at radius 2 is 2.00 bits per heavy atom. The van der Waals surface area contributed by atoms with E-state index in [2.05, 4.69) is 0 Å². The van der Waals surface area contributed by atoms with Gasteiger partial charge < -0.3 is 9.84 Å². The number of rotatable bonds is 4. The van der Waals surface area contributed by atoms with Crippen LogP contribution in [0.1, 0.15) is 25.0 Å². The van der Waals surface area contributed by atoms with Crippen LogP contribution in [0.3, 0.4) is 0 Å². The first-order valence-electron chi connectivity index (χ1n) is 6.26. The molecule has 0 aromatic heterocycles. The summed E-state index contributed by atoms with van der Waals surface area (Å²) in [5.41, 5.74) is 0.700. The van der Waals surface area contributed by atoms with Crippen molar-refractivity contribution in [3.05, 3.63) is 29.8 Å². The normalized spacial score (nSPS) is 21.8. The number of aliphatic hydroxyl groups excluding tert-OH is 1. The van der Waals surface area contributed by atoms with Gasteiger partial charge in [0, 0.05) is 13.7 Å². The second kappa shape index (κ2) is 5.58. The zero-order valence-corrected chi connectivity index (χ0v) is 11.9. The second-order valence-electron chi connectivity index (χ2n) is 4.78. The van der Waals surface area contributed by atoms with Crippen LogP contribution in [0.15, 0.2) is 29.2 Å². The largest absolute Gasteiger partial charge is 0.389 e. The average Bonchev–Trinajstić information content (AvgIpc) is 2.91. The standard InChI is InChI=1S/C13H19NO4S/c1-10(15)11-3-5-13(6-4-11)19(16,17)14(2)12-7-8-18-9-12/h3-6,10,12,15H,7-9H2,1-2H3. The van der Waals surface area contributed by atoms with Crippen molar-refractivity contribution in [1.29, 1.82) is 0 Å². The Bertz CT molecular complexity index is 518. The lowest BCUT2D eigenvalue weighted by Gasteiger charge is -2.22. The first-order chi connectivity index (χ1) is 8.93. The van der Waals surface area contributed by atoms with Gasteiger partial charge in [0.1, 0.15) is 0 Å². The zero-order valence-electron chi connectivity index (χ0n) is 11.1. The summed E-state index contributed by atoms with van der Waals surface area (Å²) >= 11 is 0. The van der Waals surface area contributed by atoms with E-state index in [0.29, 0.717) is 18.8 Å². The minimum absolute atomic E-state index is 0.0959. The van der Waals surface area contributed by atoms with Gasteiger partial charge in [0.05, 0.1) is 23.6 Å². The third kappa shape index (κ3) is 2.97. The monoisotopic (exact) mass is 285 g/mol. The van der Waals surface area contributed by atoms with Gasteiger partial charge in [0.25, 0.3) is 0 Å². The highest BCUT2D eigenvalue weighted by Gasteiger charge is 2.30. The lowest BCUT2D eigenvalue weighted by Crippen LogP contribution is -2.37. The summed E-state index contributed by atoms with van der Waals surface area (Å²) in [6, 6.07) is 6.24. The number of hydrogen-bond donors (Lipinski definition) is 1. The highest BCUT2D eigenvalue weighted by molar-refractivity contribution is 7.89. The number of sulfonamides is 1. The van der Waals surface area contributed by atoms with E-state index in [1.54, 1.807) is 26.1 Å². The smallest absolute Gasteiger partial charge is 0.243 e. The van der Waals surface area contributed by atoms with Crippen LogP contribution < -0.4 is 0 Å². The summed E-state index contributed by atoms with van der Waals surface area (Å²) in [6.45, 7) is 2.69. The molecule has 2 atom stereocenters. The molecule has 0 aliphatic carbocycles. The van der Waals surface area contributed by atoms with Crippen molar-refractivity contribution in [3.8, 4) is 0 Å². The Morgan fingerprint density at radius 3 is 2.47 bits per heavy atom. The Labute approximate surface area is 113 Å². The van der Waals surface area contributed by atoms with E-state index in [0.717, 1.165) is 6.42 Å². The minimum Gasteiger partial charge on any atom is -0.389 e. The van der Waals surface area contributed by atoms with Crippen molar-refractivity contribution in [2.75, 3.05) is 20.3 Å². The summed E-state index contributed by atoms with van der Waals surface area (Å²) < 4.78 is 31.4.